The van der Waals surface area contributed by atoms with Crippen LogP contribution in [0.15, 0.2) is 30.3 Å². The summed E-state index contributed by atoms with van der Waals surface area (Å²) < 4.78 is 5.70. The van der Waals surface area contributed by atoms with Crippen LogP contribution in [0.4, 0.5) is 0 Å². The molecule has 0 amide bonds. The summed E-state index contributed by atoms with van der Waals surface area (Å²) in [4.78, 5) is 0. The molecule has 0 aliphatic heterocycles. The summed E-state index contributed by atoms with van der Waals surface area (Å²) in [6, 6.07) is 11.7. The zero-order valence-corrected chi connectivity index (χ0v) is 19.9. The lowest BCUT2D eigenvalue weighted by Crippen LogP contribution is -2.19. The minimum Gasteiger partial charge on any atom is -0.497 e. The molecule has 2 aromatic carbocycles. The fourth-order valence-corrected chi connectivity index (χ4v) is 3.72. The van der Waals surface area contributed by atoms with Gasteiger partial charge in [0.25, 0.3) is 0 Å². The van der Waals surface area contributed by atoms with Crippen molar-refractivity contribution in [2.75, 3.05) is 7.11 Å². The summed E-state index contributed by atoms with van der Waals surface area (Å²) in [5.41, 5.74) is 8.30. The monoisotopic (exact) mass is 380 g/mol. The van der Waals surface area contributed by atoms with Crippen molar-refractivity contribution < 1.29 is 4.74 Å². The number of hydrogen-bond donors (Lipinski definition) is 0. The highest BCUT2D eigenvalue weighted by Crippen LogP contribution is 2.44. The molecule has 0 radical (unpaired) electrons. The van der Waals surface area contributed by atoms with Crippen molar-refractivity contribution in [3.63, 3.8) is 0 Å². The van der Waals surface area contributed by atoms with Crippen LogP contribution in [0.5, 0.6) is 5.75 Å². The van der Waals surface area contributed by atoms with E-state index in [1.165, 1.54) is 33.4 Å². The Bertz CT molecular complexity index is 765. The van der Waals surface area contributed by atoms with Gasteiger partial charge >= 0.3 is 0 Å². The summed E-state index contributed by atoms with van der Waals surface area (Å²) in [5, 5.41) is 0. The average molecular weight is 381 g/mol. The standard InChI is InChI=1S/C27H40O/c1-17(2)19-12-20(18(3)4)14-21(13-19)25-23(26(5,6)7)15-22(28-11)16-24(25)27(8,9)10/h12-18H,1-11H3. The molecule has 0 spiro atoms. The lowest BCUT2D eigenvalue weighted by Gasteiger charge is -2.31. The molecule has 0 saturated carbocycles. The van der Waals surface area contributed by atoms with Gasteiger partial charge in [-0.3, -0.25) is 0 Å². The maximum Gasteiger partial charge on any atom is 0.119 e. The molecule has 2 aromatic rings. The topological polar surface area (TPSA) is 9.23 Å². The minimum absolute atomic E-state index is 0.0235. The molecular formula is C27H40O. The third-order valence-corrected chi connectivity index (χ3v) is 5.56. The zero-order chi connectivity index (χ0) is 21.4. The summed E-state index contributed by atoms with van der Waals surface area (Å²) >= 11 is 0. The smallest absolute Gasteiger partial charge is 0.119 e. The molecule has 0 unspecified atom stereocenters. The van der Waals surface area contributed by atoms with Crippen molar-refractivity contribution in [1.82, 2.24) is 0 Å². The van der Waals surface area contributed by atoms with E-state index in [-0.39, 0.29) is 10.8 Å². The number of benzene rings is 2. The summed E-state index contributed by atoms with van der Waals surface area (Å²) in [5.74, 6) is 1.96. The number of methoxy groups -OCH3 is 1. The molecule has 0 atom stereocenters. The van der Waals surface area contributed by atoms with Gasteiger partial charge in [0.2, 0.25) is 0 Å². The first-order valence-electron chi connectivity index (χ1n) is 10.6. The molecule has 0 N–H and O–H groups in total. The van der Waals surface area contributed by atoms with Gasteiger partial charge in [0.15, 0.2) is 0 Å². The molecule has 1 nitrogen and oxygen atoms in total. The van der Waals surface area contributed by atoms with Crippen molar-refractivity contribution in [2.45, 2.75) is 91.9 Å². The van der Waals surface area contributed by atoms with Crippen LogP contribution < -0.4 is 4.74 Å². The van der Waals surface area contributed by atoms with Crippen LogP contribution in [-0.2, 0) is 10.8 Å². The summed E-state index contributed by atoms with van der Waals surface area (Å²) in [6.07, 6.45) is 0. The molecule has 0 saturated heterocycles. The van der Waals surface area contributed by atoms with E-state index in [1.807, 2.05) is 0 Å². The van der Waals surface area contributed by atoms with Gasteiger partial charge in [-0.25, -0.2) is 0 Å². The van der Waals surface area contributed by atoms with Crippen molar-refractivity contribution in [3.05, 3.63) is 52.6 Å². The first-order chi connectivity index (χ1) is 12.8. The van der Waals surface area contributed by atoms with Crippen LogP contribution in [-0.4, -0.2) is 7.11 Å². The largest absolute Gasteiger partial charge is 0.497 e. The predicted octanol–water partition coefficient (Wildman–Crippen LogP) is 8.20. The first-order valence-corrected chi connectivity index (χ1v) is 10.6. The van der Waals surface area contributed by atoms with E-state index in [2.05, 4.69) is 99.6 Å². The zero-order valence-electron chi connectivity index (χ0n) is 19.9. The van der Waals surface area contributed by atoms with E-state index in [0.717, 1.165) is 5.75 Å². The first kappa shape index (κ1) is 22.5. The highest BCUT2D eigenvalue weighted by molar-refractivity contribution is 5.76. The Balaban J connectivity index is 2.98. The van der Waals surface area contributed by atoms with Crippen molar-refractivity contribution >= 4 is 0 Å². The van der Waals surface area contributed by atoms with Crippen molar-refractivity contribution in [2.24, 2.45) is 0 Å². The van der Waals surface area contributed by atoms with E-state index in [0.29, 0.717) is 11.8 Å². The van der Waals surface area contributed by atoms with Crippen LogP contribution in [0.2, 0.25) is 0 Å². The van der Waals surface area contributed by atoms with E-state index < -0.39 is 0 Å². The molecule has 0 fully saturated rings. The van der Waals surface area contributed by atoms with Crippen LogP contribution >= 0.6 is 0 Å². The summed E-state index contributed by atoms with van der Waals surface area (Å²) in [7, 11) is 1.77. The van der Waals surface area contributed by atoms with Gasteiger partial charge in [0.1, 0.15) is 5.75 Å². The second kappa shape index (κ2) is 7.93. The van der Waals surface area contributed by atoms with Gasteiger partial charge in [-0.1, -0.05) is 87.4 Å². The van der Waals surface area contributed by atoms with Gasteiger partial charge in [-0.2, -0.15) is 0 Å². The molecule has 0 aliphatic rings. The van der Waals surface area contributed by atoms with Gasteiger partial charge in [-0.05, 0) is 68.2 Å². The highest BCUT2D eigenvalue weighted by Gasteiger charge is 2.28. The molecule has 0 aliphatic carbocycles. The quantitative estimate of drug-likeness (QED) is 0.519. The van der Waals surface area contributed by atoms with Crippen molar-refractivity contribution in [1.29, 1.82) is 0 Å². The Kier molecular flexibility index (Phi) is 6.38. The van der Waals surface area contributed by atoms with Gasteiger partial charge in [-0.15, -0.1) is 0 Å². The van der Waals surface area contributed by atoms with Crippen molar-refractivity contribution in [3.8, 4) is 16.9 Å². The maximum absolute atomic E-state index is 5.70. The highest BCUT2D eigenvalue weighted by atomic mass is 16.5. The average Bonchev–Trinajstić information content (AvgIpc) is 2.58. The fraction of sp³-hybridized carbons (Fsp3) is 0.556. The molecule has 0 aromatic heterocycles. The van der Waals surface area contributed by atoms with E-state index >= 15 is 0 Å². The predicted molar refractivity (Wildman–Crippen MR) is 124 cm³/mol. The van der Waals surface area contributed by atoms with Gasteiger partial charge < -0.3 is 4.74 Å². The molecule has 0 heterocycles. The van der Waals surface area contributed by atoms with Gasteiger partial charge in [0.05, 0.1) is 7.11 Å². The maximum atomic E-state index is 5.70. The van der Waals surface area contributed by atoms with Gasteiger partial charge in [0, 0.05) is 0 Å². The van der Waals surface area contributed by atoms with E-state index in [1.54, 1.807) is 7.11 Å². The lowest BCUT2D eigenvalue weighted by atomic mass is 9.73. The molecule has 1 heteroatoms. The van der Waals surface area contributed by atoms with Crippen LogP contribution in [0.1, 0.15) is 103 Å². The Morgan fingerprint density at radius 1 is 0.643 bits per heavy atom. The molecular weight excluding hydrogens is 340 g/mol. The van der Waals surface area contributed by atoms with Crippen LogP contribution in [0.25, 0.3) is 11.1 Å². The van der Waals surface area contributed by atoms with E-state index in [9.17, 15) is 0 Å². The van der Waals surface area contributed by atoms with E-state index in [4.69, 9.17) is 4.74 Å². The lowest BCUT2D eigenvalue weighted by molar-refractivity contribution is 0.410. The minimum atomic E-state index is 0.0235. The second-order valence-electron chi connectivity index (χ2n) is 10.8. The Morgan fingerprint density at radius 2 is 1.04 bits per heavy atom. The number of hydrogen-bond acceptors (Lipinski definition) is 1. The SMILES string of the molecule is COc1cc(C(C)(C)C)c(-c2cc(C(C)C)cc(C(C)C)c2)c(C(C)(C)C)c1. The molecule has 0 bridgehead atoms. The summed E-state index contributed by atoms with van der Waals surface area (Å²) in [6.45, 7) is 22.9. The number of rotatable bonds is 4. The fourth-order valence-electron chi connectivity index (χ4n) is 3.72. The normalized spacial score (nSPS) is 12.8. The van der Waals surface area contributed by atoms with Crippen LogP contribution in [0.3, 0.4) is 0 Å². The Labute approximate surface area is 173 Å². The third kappa shape index (κ3) is 4.80. The molecule has 2 rings (SSSR count). The number of ether oxygens (including phenoxy) is 1. The van der Waals surface area contributed by atoms with Crippen LogP contribution in [0, 0.1) is 0 Å². The molecule has 28 heavy (non-hydrogen) atoms. The molecule has 154 valence electrons. The second-order valence-corrected chi connectivity index (χ2v) is 10.8. The Morgan fingerprint density at radius 3 is 1.32 bits per heavy atom. The third-order valence-electron chi connectivity index (χ3n) is 5.56. The Hall–Kier alpha value is -1.76.